The van der Waals surface area contributed by atoms with Crippen LogP contribution in [0, 0.1) is 5.92 Å². The quantitative estimate of drug-likeness (QED) is 0.840. The number of ether oxygens (including phenoxy) is 2. The van der Waals surface area contributed by atoms with Gasteiger partial charge in [-0.2, -0.15) is 0 Å². The van der Waals surface area contributed by atoms with Crippen LogP contribution >= 0.6 is 0 Å². The molecule has 1 fully saturated rings. The standard InChI is InChI=1S/C17H25NO4/c1-17(2,20)15(22-14-8-4-3-5-9-14)16(19)18-11-13-7-6-10-21-12-13/h3-5,8-9,13,15,20H,6-7,10-12H2,1-2H3,(H,18,19)/t13-,15+/m1/s1. The Morgan fingerprint density at radius 2 is 2.18 bits per heavy atom. The van der Waals surface area contributed by atoms with Crippen LogP contribution in [0.15, 0.2) is 30.3 Å². The largest absolute Gasteiger partial charge is 0.478 e. The molecule has 0 bridgehead atoms. The zero-order chi connectivity index (χ0) is 16.0. The van der Waals surface area contributed by atoms with E-state index in [1.165, 1.54) is 0 Å². The highest BCUT2D eigenvalue weighted by Crippen LogP contribution is 2.19. The van der Waals surface area contributed by atoms with Crippen LogP contribution in [0.5, 0.6) is 5.75 Å². The maximum absolute atomic E-state index is 12.4. The molecular formula is C17H25NO4. The van der Waals surface area contributed by atoms with E-state index in [4.69, 9.17) is 9.47 Å². The first-order valence-electron chi connectivity index (χ1n) is 7.76. The Balaban J connectivity index is 1.94. The van der Waals surface area contributed by atoms with Crippen molar-refractivity contribution in [3.05, 3.63) is 30.3 Å². The predicted molar refractivity (Wildman–Crippen MR) is 83.7 cm³/mol. The van der Waals surface area contributed by atoms with Gasteiger partial charge < -0.3 is 19.9 Å². The van der Waals surface area contributed by atoms with E-state index in [-0.39, 0.29) is 5.91 Å². The van der Waals surface area contributed by atoms with Crippen LogP contribution in [-0.4, -0.2) is 42.5 Å². The maximum atomic E-state index is 12.4. The van der Waals surface area contributed by atoms with Gasteiger partial charge in [-0.05, 0) is 44.7 Å². The van der Waals surface area contributed by atoms with Gasteiger partial charge in [0.05, 0.1) is 6.61 Å². The maximum Gasteiger partial charge on any atom is 0.264 e. The van der Waals surface area contributed by atoms with Gasteiger partial charge in [0.1, 0.15) is 11.4 Å². The van der Waals surface area contributed by atoms with Crippen LogP contribution in [0.1, 0.15) is 26.7 Å². The Labute approximate surface area is 131 Å². The molecule has 1 aromatic carbocycles. The summed E-state index contributed by atoms with van der Waals surface area (Å²) in [6.45, 7) is 5.16. The van der Waals surface area contributed by atoms with E-state index in [0.29, 0.717) is 24.8 Å². The van der Waals surface area contributed by atoms with Crippen molar-refractivity contribution in [2.24, 2.45) is 5.92 Å². The SMILES string of the molecule is CC(C)(O)[C@@H](Oc1ccccc1)C(=O)NC[C@H]1CCCOC1. The number of carbonyl (C=O) groups excluding carboxylic acids is 1. The Morgan fingerprint density at radius 1 is 1.45 bits per heavy atom. The summed E-state index contributed by atoms with van der Waals surface area (Å²) in [6.07, 6.45) is 1.11. The van der Waals surface area contributed by atoms with Crippen molar-refractivity contribution in [1.82, 2.24) is 5.32 Å². The molecule has 2 N–H and O–H groups in total. The lowest BCUT2D eigenvalue weighted by Gasteiger charge is -2.30. The van der Waals surface area contributed by atoms with E-state index in [1.54, 1.807) is 26.0 Å². The highest BCUT2D eigenvalue weighted by molar-refractivity contribution is 5.82. The van der Waals surface area contributed by atoms with Crippen LogP contribution in [0.25, 0.3) is 0 Å². The van der Waals surface area contributed by atoms with Crippen molar-refractivity contribution in [3.8, 4) is 5.75 Å². The molecule has 0 radical (unpaired) electrons. The van der Waals surface area contributed by atoms with Gasteiger partial charge in [0.15, 0.2) is 0 Å². The molecule has 1 heterocycles. The Bertz CT molecular complexity index is 463. The summed E-state index contributed by atoms with van der Waals surface area (Å²) in [5, 5.41) is 13.1. The summed E-state index contributed by atoms with van der Waals surface area (Å²) in [6, 6.07) is 9.05. The molecule has 0 spiro atoms. The normalized spacial score (nSPS) is 20.2. The summed E-state index contributed by atoms with van der Waals surface area (Å²) < 4.78 is 11.1. The van der Waals surface area contributed by atoms with Gasteiger partial charge in [0, 0.05) is 13.2 Å². The Kier molecular flexibility index (Phi) is 5.80. The van der Waals surface area contributed by atoms with Crippen molar-refractivity contribution in [2.45, 2.75) is 38.4 Å². The number of rotatable bonds is 6. The zero-order valence-electron chi connectivity index (χ0n) is 13.2. The number of carbonyl (C=O) groups is 1. The fraction of sp³-hybridized carbons (Fsp3) is 0.588. The first-order chi connectivity index (χ1) is 10.5. The topological polar surface area (TPSA) is 67.8 Å². The number of benzene rings is 1. The third kappa shape index (κ3) is 5.00. The second kappa shape index (κ2) is 7.61. The van der Waals surface area contributed by atoms with E-state index in [0.717, 1.165) is 19.4 Å². The number of aliphatic hydroxyl groups is 1. The average Bonchev–Trinajstić information content (AvgIpc) is 2.51. The molecule has 1 aromatic rings. The molecule has 1 aliphatic heterocycles. The molecule has 5 heteroatoms. The van der Waals surface area contributed by atoms with E-state index in [9.17, 15) is 9.90 Å². The molecule has 1 saturated heterocycles. The summed E-state index contributed by atoms with van der Waals surface area (Å²) in [5.74, 6) is 0.588. The molecular weight excluding hydrogens is 282 g/mol. The molecule has 2 rings (SSSR count). The second-order valence-corrected chi connectivity index (χ2v) is 6.29. The number of nitrogens with one attached hydrogen (secondary N) is 1. The fourth-order valence-electron chi connectivity index (χ4n) is 2.46. The number of amides is 1. The molecule has 0 aromatic heterocycles. The number of para-hydroxylation sites is 1. The van der Waals surface area contributed by atoms with E-state index in [2.05, 4.69) is 5.32 Å². The van der Waals surface area contributed by atoms with Crippen LogP contribution in [0.2, 0.25) is 0 Å². The third-order valence-corrected chi connectivity index (χ3v) is 3.70. The highest BCUT2D eigenvalue weighted by atomic mass is 16.5. The molecule has 0 aliphatic carbocycles. The molecule has 2 atom stereocenters. The first-order valence-corrected chi connectivity index (χ1v) is 7.76. The minimum Gasteiger partial charge on any atom is -0.478 e. The third-order valence-electron chi connectivity index (χ3n) is 3.70. The minimum atomic E-state index is -1.27. The van der Waals surface area contributed by atoms with Crippen LogP contribution in [0.3, 0.4) is 0 Å². The van der Waals surface area contributed by atoms with Crippen molar-refractivity contribution in [1.29, 1.82) is 0 Å². The van der Waals surface area contributed by atoms with Crippen molar-refractivity contribution >= 4 is 5.91 Å². The lowest BCUT2D eigenvalue weighted by atomic mass is 9.99. The van der Waals surface area contributed by atoms with Crippen LogP contribution in [-0.2, 0) is 9.53 Å². The molecule has 1 amide bonds. The molecule has 122 valence electrons. The molecule has 5 nitrogen and oxygen atoms in total. The summed E-state index contributed by atoms with van der Waals surface area (Å²) in [7, 11) is 0. The van der Waals surface area contributed by atoms with Gasteiger partial charge in [0.2, 0.25) is 6.10 Å². The van der Waals surface area contributed by atoms with Gasteiger partial charge >= 0.3 is 0 Å². The van der Waals surface area contributed by atoms with Gasteiger partial charge in [-0.3, -0.25) is 4.79 Å². The Morgan fingerprint density at radius 3 is 2.77 bits per heavy atom. The van der Waals surface area contributed by atoms with Gasteiger partial charge in [-0.1, -0.05) is 18.2 Å². The van der Waals surface area contributed by atoms with Crippen molar-refractivity contribution < 1.29 is 19.4 Å². The first kappa shape index (κ1) is 16.8. The molecule has 0 unspecified atom stereocenters. The van der Waals surface area contributed by atoms with E-state index in [1.807, 2.05) is 18.2 Å². The van der Waals surface area contributed by atoms with Crippen molar-refractivity contribution in [2.75, 3.05) is 19.8 Å². The average molecular weight is 307 g/mol. The molecule has 22 heavy (non-hydrogen) atoms. The van der Waals surface area contributed by atoms with Gasteiger partial charge in [-0.25, -0.2) is 0 Å². The fourth-order valence-corrected chi connectivity index (χ4v) is 2.46. The van der Waals surface area contributed by atoms with E-state index >= 15 is 0 Å². The number of hydrogen-bond donors (Lipinski definition) is 2. The number of hydrogen-bond acceptors (Lipinski definition) is 4. The minimum absolute atomic E-state index is 0.304. The monoisotopic (exact) mass is 307 g/mol. The van der Waals surface area contributed by atoms with Crippen LogP contribution in [0.4, 0.5) is 0 Å². The second-order valence-electron chi connectivity index (χ2n) is 6.29. The summed E-state index contributed by atoms with van der Waals surface area (Å²) >= 11 is 0. The van der Waals surface area contributed by atoms with Crippen molar-refractivity contribution in [3.63, 3.8) is 0 Å². The van der Waals surface area contributed by atoms with E-state index < -0.39 is 11.7 Å². The van der Waals surface area contributed by atoms with Crippen LogP contribution < -0.4 is 10.1 Å². The summed E-state index contributed by atoms with van der Waals surface area (Å²) in [5.41, 5.74) is -1.27. The molecule has 1 aliphatic rings. The van der Waals surface area contributed by atoms with Gasteiger partial charge in [0.25, 0.3) is 5.91 Å². The predicted octanol–water partition coefficient (Wildman–Crippen LogP) is 1.75. The lowest BCUT2D eigenvalue weighted by molar-refractivity contribution is -0.139. The summed E-state index contributed by atoms with van der Waals surface area (Å²) in [4.78, 5) is 12.4. The zero-order valence-corrected chi connectivity index (χ0v) is 13.2. The Hall–Kier alpha value is -1.59. The molecule has 0 saturated carbocycles. The highest BCUT2D eigenvalue weighted by Gasteiger charge is 2.35. The lowest BCUT2D eigenvalue weighted by Crippen LogP contribution is -2.52. The smallest absolute Gasteiger partial charge is 0.264 e. The van der Waals surface area contributed by atoms with Gasteiger partial charge in [-0.15, -0.1) is 0 Å².